The van der Waals surface area contributed by atoms with E-state index in [1.807, 2.05) is 53.2 Å². The Balaban J connectivity index is 0.000000277. The van der Waals surface area contributed by atoms with Crippen molar-refractivity contribution in [2.75, 3.05) is 38.2 Å². The number of aromatic nitrogens is 4. The molecule has 0 saturated heterocycles. The van der Waals surface area contributed by atoms with E-state index < -0.39 is 49.4 Å². The number of anilines is 4. The number of azo groups is 2. The van der Waals surface area contributed by atoms with Crippen molar-refractivity contribution in [2.24, 2.45) is 20.5 Å². The van der Waals surface area contributed by atoms with Crippen LogP contribution in [0.15, 0.2) is 44.7 Å². The molecule has 0 radical (unpaired) electrons. The van der Waals surface area contributed by atoms with Gasteiger partial charge in [-0.15, -0.1) is 40.9 Å². The zero-order chi connectivity index (χ0) is 55.5. The average molecular weight is 1140 g/mol. The number of carbonyl (C=O) groups excluding carboxylic acids is 2. The molecule has 4 heterocycles. The van der Waals surface area contributed by atoms with Gasteiger partial charge < -0.3 is 19.3 Å². The van der Waals surface area contributed by atoms with Crippen LogP contribution in [0, 0.1) is 0 Å². The van der Waals surface area contributed by atoms with Gasteiger partial charge in [-0.2, -0.15) is 34.8 Å². The molecule has 2 unspecified atom stereocenters. The normalized spacial score (nSPS) is 16.3. The maximum atomic E-state index is 13.2. The number of aryl methyl sites for hydroxylation is 2. The summed E-state index contributed by atoms with van der Waals surface area (Å²) in [4.78, 5) is 28.3. The number of carbonyl (C=O) groups is 2. The Morgan fingerprint density at radius 2 is 1.08 bits per heavy atom. The molecule has 0 fully saturated rings. The van der Waals surface area contributed by atoms with Crippen LogP contribution in [0.4, 0.5) is 70.7 Å². The summed E-state index contributed by atoms with van der Waals surface area (Å²) < 4.78 is 141. The predicted octanol–water partition coefficient (Wildman–Crippen LogP) is 12.3. The summed E-state index contributed by atoms with van der Waals surface area (Å²) in [5, 5.41) is 30.8. The first-order chi connectivity index (χ1) is 35.2. The molecule has 2 aliphatic heterocycles. The fourth-order valence-electron chi connectivity index (χ4n) is 8.20. The molecule has 0 saturated carbocycles. The molecular weight excluding hydrogens is 1080 g/mol. The van der Waals surface area contributed by atoms with Crippen LogP contribution < -0.4 is 19.2 Å². The van der Waals surface area contributed by atoms with Gasteiger partial charge in [0.1, 0.15) is 11.4 Å². The molecule has 30 heteroatoms. The summed E-state index contributed by atoms with van der Waals surface area (Å²) in [5.41, 5.74) is -3.08. The van der Waals surface area contributed by atoms with Crippen LogP contribution in [0.3, 0.4) is 0 Å². The third-order valence-electron chi connectivity index (χ3n) is 11.6. The molecule has 2 aliphatic rings. The maximum Gasteiger partial charge on any atom is 0.516 e. The van der Waals surface area contributed by atoms with Crippen molar-refractivity contribution < 1.29 is 62.2 Å². The Morgan fingerprint density at radius 3 is 1.44 bits per heavy atom. The molecule has 2 aromatic heterocycles. The lowest BCUT2D eigenvalue weighted by Crippen LogP contribution is -2.43. The van der Waals surface area contributed by atoms with Gasteiger partial charge in [-0.3, -0.25) is 9.44 Å². The number of nitrogens with one attached hydrogen (secondary N) is 2. The SMILES string of the molecule is CCCCOC(=O)c1nnc(N=Nc2cc3c(cc2NS(=O)(=O)C(F)(F)F)N(C(C)C)C(CC)CC3)s1.CCCCOC(=O)c1nnc(N=Nc2cc3c(cc2NS(=O)(=O)CC(F)(F)F)N(C(C)C)C(CC)CC3)s1. The van der Waals surface area contributed by atoms with Crippen LogP contribution in [0.2, 0.25) is 0 Å². The summed E-state index contributed by atoms with van der Waals surface area (Å²) in [7, 11) is -10.5. The number of sulfonamides is 2. The highest BCUT2D eigenvalue weighted by Gasteiger charge is 2.46. The standard InChI is InChI=1S/C23H31F3N6O4S2.C22H29F3N6O4S2/c1-5-7-10-36-21(33)20-28-30-22(37-20)29-27-17-11-15-8-9-16(6-2)32(14(3)4)19(15)12-18(17)31-38(34,35)13-23(24,25)26;1-5-7-10-35-20(32)19-27-29-21(36-19)28-26-16-11-14-8-9-15(6-2)31(13(3)4)18(14)12-17(16)30-37(33,34)22(23,24)25/h11-12,14,16,31H,5-10,13H2,1-4H3;11-13,15,30H,5-10H2,1-4H3. The molecule has 0 spiro atoms. The summed E-state index contributed by atoms with van der Waals surface area (Å²) in [6.07, 6.45) is 2.86. The minimum absolute atomic E-state index is 0.00381. The van der Waals surface area contributed by atoms with Crippen molar-refractivity contribution in [3.05, 3.63) is 45.4 Å². The van der Waals surface area contributed by atoms with Gasteiger partial charge in [0, 0.05) is 35.5 Å². The minimum atomic E-state index is -5.71. The van der Waals surface area contributed by atoms with Crippen molar-refractivity contribution in [1.82, 2.24) is 20.4 Å². The number of esters is 2. The zero-order valence-electron chi connectivity index (χ0n) is 42.5. The molecule has 0 bridgehead atoms. The van der Waals surface area contributed by atoms with Gasteiger partial charge in [0.2, 0.25) is 20.0 Å². The number of halogens is 6. The summed E-state index contributed by atoms with van der Waals surface area (Å²) in [6.45, 7) is 16.4. The Bertz CT molecular complexity index is 2900. The molecule has 0 amide bonds. The van der Waals surface area contributed by atoms with Gasteiger partial charge in [0.05, 0.1) is 24.6 Å². The van der Waals surface area contributed by atoms with E-state index in [4.69, 9.17) is 9.47 Å². The molecule has 2 atom stereocenters. The van der Waals surface area contributed by atoms with E-state index >= 15 is 0 Å². The van der Waals surface area contributed by atoms with Crippen LogP contribution in [0.25, 0.3) is 0 Å². The summed E-state index contributed by atoms with van der Waals surface area (Å²) >= 11 is 1.62. The molecular formula is C45H60F6N12O8S4. The Labute approximate surface area is 439 Å². The molecule has 414 valence electrons. The first-order valence-electron chi connectivity index (χ1n) is 24.1. The van der Waals surface area contributed by atoms with Gasteiger partial charge in [0.15, 0.2) is 5.75 Å². The molecule has 20 nitrogen and oxygen atoms in total. The van der Waals surface area contributed by atoms with Crippen molar-refractivity contribution in [3.8, 4) is 0 Å². The first kappa shape index (κ1) is 60.2. The Morgan fingerprint density at radius 1 is 0.667 bits per heavy atom. The molecule has 4 aromatic rings. The van der Waals surface area contributed by atoms with Crippen molar-refractivity contribution >= 4 is 99.0 Å². The number of hydrogen-bond acceptors (Lipinski definition) is 20. The van der Waals surface area contributed by atoms with Crippen LogP contribution in [-0.4, -0.2) is 104 Å². The quantitative estimate of drug-likeness (QED) is 0.0341. The Kier molecular flexibility index (Phi) is 20.8. The molecule has 75 heavy (non-hydrogen) atoms. The predicted molar refractivity (Wildman–Crippen MR) is 274 cm³/mol. The van der Waals surface area contributed by atoms with Gasteiger partial charge in [-0.1, -0.05) is 63.2 Å². The number of fused-ring (bicyclic) bond motifs is 2. The number of unbranched alkanes of at least 4 members (excludes halogenated alkanes) is 2. The second kappa shape index (κ2) is 25.9. The molecule has 6 rings (SSSR count). The van der Waals surface area contributed by atoms with Gasteiger partial charge in [0.25, 0.3) is 10.3 Å². The summed E-state index contributed by atoms with van der Waals surface area (Å²) in [5.74, 6) is -3.36. The monoisotopic (exact) mass is 1140 g/mol. The second-order valence-electron chi connectivity index (χ2n) is 17.9. The van der Waals surface area contributed by atoms with Crippen molar-refractivity contribution in [2.45, 2.75) is 155 Å². The number of hydrogen-bond donors (Lipinski definition) is 2. The van der Waals surface area contributed by atoms with Crippen LogP contribution in [-0.2, 0) is 42.4 Å². The number of nitrogens with zero attached hydrogens (tertiary/aromatic N) is 10. The first-order valence-corrected chi connectivity index (χ1v) is 28.9. The third-order valence-corrected chi connectivity index (χ3v) is 15.5. The summed E-state index contributed by atoms with van der Waals surface area (Å²) in [6, 6.07) is 6.47. The van der Waals surface area contributed by atoms with Crippen LogP contribution in [0.1, 0.15) is 137 Å². The minimum Gasteiger partial charge on any atom is -0.460 e. The van der Waals surface area contributed by atoms with Crippen LogP contribution >= 0.6 is 22.7 Å². The Hall–Kier alpha value is -5.62. The lowest BCUT2D eigenvalue weighted by molar-refractivity contribution is -0.106. The lowest BCUT2D eigenvalue weighted by Gasteiger charge is -2.42. The van der Waals surface area contributed by atoms with E-state index in [0.29, 0.717) is 31.4 Å². The van der Waals surface area contributed by atoms with E-state index in [0.717, 1.165) is 78.0 Å². The second-order valence-corrected chi connectivity index (χ2v) is 23.2. The molecule has 2 aromatic carbocycles. The number of rotatable bonds is 21. The third kappa shape index (κ3) is 16.4. The average Bonchev–Trinajstić information content (AvgIpc) is 4.01. The largest absolute Gasteiger partial charge is 0.516 e. The number of alkyl halides is 6. The van der Waals surface area contributed by atoms with Crippen LogP contribution in [0.5, 0.6) is 0 Å². The highest BCUT2D eigenvalue weighted by molar-refractivity contribution is 7.93. The van der Waals surface area contributed by atoms with Gasteiger partial charge in [-0.05, 0) is 114 Å². The van der Waals surface area contributed by atoms with Crippen molar-refractivity contribution in [3.63, 3.8) is 0 Å². The highest BCUT2D eigenvalue weighted by atomic mass is 32.2. The van der Waals surface area contributed by atoms with E-state index in [1.165, 1.54) is 18.2 Å². The van der Waals surface area contributed by atoms with Gasteiger partial charge in [-0.25, -0.2) is 18.0 Å². The number of ether oxygens (including phenoxy) is 2. The molecule has 2 N–H and O–H groups in total. The van der Waals surface area contributed by atoms with E-state index in [2.05, 4.69) is 57.6 Å². The smallest absolute Gasteiger partial charge is 0.460 e. The maximum absolute atomic E-state index is 13.2. The van der Waals surface area contributed by atoms with Gasteiger partial charge >= 0.3 is 33.6 Å². The van der Waals surface area contributed by atoms with E-state index in [9.17, 15) is 52.8 Å². The van der Waals surface area contributed by atoms with E-state index in [-0.39, 0.29) is 80.4 Å². The highest BCUT2D eigenvalue weighted by Crippen LogP contribution is 2.44. The number of benzene rings is 2. The topological polar surface area (TPSA) is 252 Å². The zero-order valence-corrected chi connectivity index (χ0v) is 45.7. The van der Waals surface area contributed by atoms with E-state index in [1.54, 1.807) is 10.8 Å². The van der Waals surface area contributed by atoms with Crippen molar-refractivity contribution in [1.29, 1.82) is 0 Å². The molecule has 0 aliphatic carbocycles. The fraction of sp³-hybridized carbons (Fsp3) is 0.600. The lowest BCUT2D eigenvalue weighted by atomic mass is 9.92. The fourth-order valence-corrected chi connectivity index (χ4v) is 10.9.